The minimum Gasteiger partial charge on any atom is -0.465 e. The molecule has 0 aliphatic heterocycles. The Bertz CT molecular complexity index is 692. The number of carbonyl (C=O) groups is 1. The Morgan fingerprint density at radius 3 is 2.70 bits per heavy atom. The molecule has 0 fully saturated rings. The van der Waals surface area contributed by atoms with Crippen LogP contribution in [0.4, 0.5) is 0 Å². The number of aliphatic hydroxyl groups is 1. The standard InChI is InChI=1S/C14H11ClO5/c1-19-13(17)8-6-10(14(18)20-7-8)12(16)9-4-2-3-5-11(9)15/h2-7,12,16H,1H3. The van der Waals surface area contributed by atoms with Crippen LogP contribution in [-0.2, 0) is 4.74 Å². The first kappa shape index (κ1) is 14.3. The number of carbonyl (C=O) groups excluding carboxylic acids is 1. The van der Waals surface area contributed by atoms with Crippen LogP contribution in [0.5, 0.6) is 0 Å². The zero-order valence-corrected chi connectivity index (χ0v) is 11.3. The average Bonchev–Trinajstić information content (AvgIpc) is 2.46. The monoisotopic (exact) mass is 294 g/mol. The maximum atomic E-state index is 11.7. The predicted octanol–water partition coefficient (Wildman–Crippen LogP) is 2.16. The Hall–Kier alpha value is -2.11. The minimum atomic E-state index is -1.29. The third-order valence-corrected chi connectivity index (χ3v) is 3.10. The third-order valence-electron chi connectivity index (χ3n) is 2.76. The van der Waals surface area contributed by atoms with Gasteiger partial charge in [-0.05, 0) is 12.1 Å². The van der Waals surface area contributed by atoms with E-state index < -0.39 is 17.7 Å². The fourth-order valence-corrected chi connectivity index (χ4v) is 1.96. The summed E-state index contributed by atoms with van der Waals surface area (Å²) >= 11 is 5.97. The molecule has 20 heavy (non-hydrogen) atoms. The number of hydrogen-bond acceptors (Lipinski definition) is 5. The molecule has 1 unspecified atom stereocenters. The summed E-state index contributed by atoms with van der Waals surface area (Å²) in [6.45, 7) is 0. The summed E-state index contributed by atoms with van der Waals surface area (Å²) in [5, 5.41) is 10.5. The molecule has 1 aromatic heterocycles. The average molecular weight is 295 g/mol. The zero-order valence-electron chi connectivity index (χ0n) is 10.5. The van der Waals surface area contributed by atoms with Gasteiger partial charge in [-0.2, -0.15) is 0 Å². The maximum Gasteiger partial charge on any atom is 0.341 e. The first-order valence-electron chi connectivity index (χ1n) is 5.68. The molecular weight excluding hydrogens is 284 g/mol. The topological polar surface area (TPSA) is 76.7 Å². The number of aliphatic hydroxyl groups excluding tert-OH is 1. The van der Waals surface area contributed by atoms with Crippen LogP contribution >= 0.6 is 11.6 Å². The van der Waals surface area contributed by atoms with E-state index in [0.29, 0.717) is 10.6 Å². The summed E-state index contributed by atoms with van der Waals surface area (Å²) in [5.74, 6) is -0.665. The number of esters is 1. The van der Waals surface area contributed by atoms with Gasteiger partial charge in [0.25, 0.3) is 0 Å². The molecule has 0 aliphatic carbocycles. The molecule has 0 radical (unpaired) electrons. The molecule has 1 N–H and O–H groups in total. The number of halogens is 1. The van der Waals surface area contributed by atoms with Crippen LogP contribution in [0.1, 0.15) is 27.6 Å². The van der Waals surface area contributed by atoms with Crippen molar-refractivity contribution in [3.63, 3.8) is 0 Å². The first-order valence-corrected chi connectivity index (χ1v) is 6.06. The van der Waals surface area contributed by atoms with Gasteiger partial charge in [0.2, 0.25) is 0 Å². The molecule has 0 spiro atoms. The van der Waals surface area contributed by atoms with Gasteiger partial charge in [0.1, 0.15) is 12.4 Å². The van der Waals surface area contributed by atoms with Gasteiger partial charge in [0, 0.05) is 10.6 Å². The molecule has 0 saturated heterocycles. The van der Waals surface area contributed by atoms with E-state index in [4.69, 9.17) is 16.0 Å². The van der Waals surface area contributed by atoms with Crippen LogP contribution in [0, 0.1) is 0 Å². The summed E-state index contributed by atoms with van der Waals surface area (Å²) in [6.07, 6.45) is -0.304. The normalized spacial score (nSPS) is 11.9. The zero-order chi connectivity index (χ0) is 14.7. The highest BCUT2D eigenvalue weighted by Crippen LogP contribution is 2.26. The Labute approximate surface area is 119 Å². The number of benzene rings is 1. The molecular formula is C14H11ClO5. The Balaban J connectivity index is 2.49. The lowest BCUT2D eigenvalue weighted by Crippen LogP contribution is -2.15. The molecule has 0 aliphatic rings. The van der Waals surface area contributed by atoms with Gasteiger partial charge in [0.15, 0.2) is 0 Å². The van der Waals surface area contributed by atoms with Gasteiger partial charge in [-0.1, -0.05) is 29.8 Å². The summed E-state index contributed by atoms with van der Waals surface area (Å²) in [7, 11) is 1.21. The van der Waals surface area contributed by atoms with E-state index in [-0.39, 0.29) is 11.1 Å². The molecule has 2 aromatic rings. The van der Waals surface area contributed by atoms with Gasteiger partial charge >= 0.3 is 11.6 Å². The Morgan fingerprint density at radius 2 is 2.05 bits per heavy atom. The van der Waals surface area contributed by atoms with E-state index in [1.807, 2.05) is 0 Å². The van der Waals surface area contributed by atoms with E-state index in [1.165, 1.54) is 13.2 Å². The van der Waals surface area contributed by atoms with Crippen LogP contribution in [-0.4, -0.2) is 18.2 Å². The lowest BCUT2D eigenvalue weighted by Gasteiger charge is -2.12. The van der Waals surface area contributed by atoms with Crippen molar-refractivity contribution < 1.29 is 19.1 Å². The maximum absolute atomic E-state index is 11.7. The van der Waals surface area contributed by atoms with E-state index in [1.54, 1.807) is 24.3 Å². The van der Waals surface area contributed by atoms with Gasteiger partial charge in [0.05, 0.1) is 18.2 Å². The summed E-state index contributed by atoms with van der Waals surface area (Å²) in [6, 6.07) is 7.77. The fourth-order valence-electron chi connectivity index (χ4n) is 1.73. The van der Waals surface area contributed by atoms with E-state index in [0.717, 1.165) is 6.26 Å². The van der Waals surface area contributed by atoms with Crippen LogP contribution in [0.2, 0.25) is 5.02 Å². The molecule has 104 valence electrons. The highest BCUT2D eigenvalue weighted by Gasteiger charge is 2.20. The van der Waals surface area contributed by atoms with Crippen molar-refractivity contribution >= 4 is 17.6 Å². The van der Waals surface area contributed by atoms with Crippen LogP contribution < -0.4 is 5.63 Å². The van der Waals surface area contributed by atoms with E-state index >= 15 is 0 Å². The second kappa shape index (κ2) is 5.90. The van der Waals surface area contributed by atoms with Gasteiger partial charge < -0.3 is 14.3 Å². The molecule has 5 nitrogen and oxygen atoms in total. The van der Waals surface area contributed by atoms with Crippen LogP contribution in [0.25, 0.3) is 0 Å². The predicted molar refractivity (Wildman–Crippen MR) is 71.8 cm³/mol. The molecule has 0 saturated carbocycles. The van der Waals surface area contributed by atoms with Crippen molar-refractivity contribution in [2.45, 2.75) is 6.10 Å². The van der Waals surface area contributed by atoms with Crippen molar-refractivity contribution in [1.82, 2.24) is 0 Å². The highest BCUT2D eigenvalue weighted by atomic mass is 35.5. The Morgan fingerprint density at radius 1 is 1.35 bits per heavy atom. The van der Waals surface area contributed by atoms with Crippen molar-refractivity contribution in [3.05, 3.63) is 68.7 Å². The lowest BCUT2D eigenvalue weighted by atomic mass is 10.0. The van der Waals surface area contributed by atoms with E-state index in [2.05, 4.69) is 4.74 Å². The second-order valence-corrected chi connectivity index (χ2v) is 4.40. The molecule has 0 bridgehead atoms. The fraction of sp³-hybridized carbons (Fsp3) is 0.143. The van der Waals surface area contributed by atoms with Crippen molar-refractivity contribution in [2.24, 2.45) is 0 Å². The Kier molecular flexibility index (Phi) is 4.22. The minimum absolute atomic E-state index is 0.0354. The van der Waals surface area contributed by atoms with Gasteiger partial charge in [-0.3, -0.25) is 0 Å². The summed E-state index contributed by atoms with van der Waals surface area (Å²) in [5.41, 5.74) is -0.442. The SMILES string of the molecule is COC(=O)c1coc(=O)c(C(O)c2ccccc2Cl)c1. The molecule has 1 heterocycles. The van der Waals surface area contributed by atoms with Crippen LogP contribution in [0.3, 0.4) is 0 Å². The molecule has 2 rings (SSSR count). The number of hydrogen-bond donors (Lipinski definition) is 1. The molecule has 1 atom stereocenters. The number of ether oxygens (including phenoxy) is 1. The van der Waals surface area contributed by atoms with Crippen molar-refractivity contribution in [2.75, 3.05) is 7.11 Å². The van der Waals surface area contributed by atoms with Gasteiger partial charge in [-0.25, -0.2) is 9.59 Å². The highest BCUT2D eigenvalue weighted by molar-refractivity contribution is 6.31. The second-order valence-electron chi connectivity index (χ2n) is 3.99. The molecule has 0 amide bonds. The van der Waals surface area contributed by atoms with Crippen molar-refractivity contribution in [3.8, 4) is 0 Å². The molecule has 6 heteroatoms. The molecule has 1 aromatic carbocycles. The lowest BCUT2D eigenvalue weighted by molar-refractivity contribution is 0.0597. The largest absolute Gasteiger partial charge is 0.465 e. The smallest absolute Gasteiger partial charge is 0.341 e. The first-order chi connectivity index (χ1) is 9.54. The summed E-state index contributed by atoms with van der Waals surface area (Å²) in [4.78, 5) is 23.1. The summed E-state index contributed by atoms with van der Waals surface area (Å²) < 4.78 is 9.27. The van der Waals surface area contributed by atoms with Gasteiger partial charge in [-0.15, -0.1) is 0 Å². The van der Waals surface area contributed by atoms with Crippen LogP contribution in [0.15, 0.2) is 45.8 Å². The quantitative estimate of drug-likeness (QED) is 0.878. The number of rotatable bonds is 3. The number of methoxy groups -OCH3 is 1. The third kappa shape index (κ3) is 2.74. The van der Waals surface area contributed by atoms with Crippen molar-refractivity contribution in [1.29, 1.82) is 0 Å². The van der Waals surface area contributed by atoms with E-state index in [9.17, 15) is 14.7 Å².